The second-order valence-electron chi connectivity index (χ2n) is 7.68. The van der Waals surface area contributed by atoms with Gasteiger partial charge < -0.3 is 10.2 Å². The van der Waals surface area contributed by atoms with Gasteiger partial charge in [0.1, 0.15) is 0 Å². The van der Waals surface area contributed by atoms with Crippen LogP contribution in [-0.4, -0.2) is 43.5 Å². The van der Waals surface area contributed by atoms with Crippen molar-refractivity contribution in [3.05, 3.63) is 56.5 Å². The molecule has 2 aromatic carbocycles. The van der Waals surface area contributed by atoms with Crippen LogP contribution in [0.5, 0.6) is 0 Å². The molecule has 0 saturated carbocycles. The van der Waals surface area contributed by atoms with Gasteiger partial charge in [-0.2, -0.15) is 0 Å². The molecule has 0 radical (unpaired) electrons. The zero-order chi connectivity index (χ0) is 20.4. The van der Waals surface area contributed by atoms with Gasteiger partial charge in [-0.05, 0) is 55.1 Å². The van der Waals surface area contributed by atoms with Crippen molar-refractivity contribution in [2.24, 2.45) is 0 Å². The third kappa shape index (κ3) is 4.83. The summed E-state index contributed by atoms with van der Waals surface area (Å²) in [7, 11) is 0. The van der Waals surface area contributed by atoms with Gasteiger partial charge in [0.15, 0.2) is 0 Å². The van der Waals surface area contributed by atoms with E-state index < -0.39 is 0 Å². The normalized spacial score (nSPS) is 16.8. The topological polar surface area (TPSA) is 35.6 Å². The maximum Gasteiger partial charge on any atom is 0.228 e. The average Bonchev–Trinajstić information content (AvgIpc) is 3.06. The van der Waals surface area contributed by atoms with Gasteiger partial charge in [-0.3, -0.25) is 9.69 Å². The Morgan fingerprint density at radius 2 is 1.76 bits per heavy atom. The van der Waals surface area contributed by atoms with E-state index in [9.17, 15) is 4.79 Å². The molecule has 2 aliphatic rings. The molecule has 0 bridgehead atoms. The molecule has 2 aromatic rings. The summed E-state index contributed by atoms with van der Waals surface area (Å²) in [6, 6.07) is 9.78. The van der Waals surface area contributed by atoms with Crippen molar-refractivity contribution in [2.45, 2.75) is 25.7 Å². The molecule has 4 rings (SSSR count). The highest BCUT2D eigenvalue weighted by Crippen LogP contribution is 2.33. The molecule has 1 amide bonds. The van der Waals surface area contributed by atoms with Gasteiger partial charge >= 0.3 is 0 Å². The van der Waals surface area contributed by atoms with E-state index in [1.165, 1.54) is 0 Å². The number of carbonyl (C=O) groups is 1. The van der Waals surface area contributed by atoms with Gasteiger partial charge in [0.05, 0.1) is 22.2 Å². The van der Waals surface area contributed by atoms with Gasteiger partial charge in [0.25, 0.3) is 0 Å². The quantitative estimate of drug-likeness (QED) is 0.605. The lowest BCUT2D eigenvalue weighted by Gasteiger charge is -2.36. The van der Waals surface area contributed by atoms with E-state index in [1.807, 2.05) is 24.3 Å². The number of hydrogen-bond donors (Lipinski definition) is 1. The van der Waals surface area contributed by atoms with Crippen LogP contribution >= 0.6 is 34.8 Å². The number of hydrogen-bond acceptors (Lipinski definition) is 3. The number of unbranched alkanes of at least 4 members (excludes halogenated alkanes) is 1. The number of benzene rings is 2. The monoisotopic (exact) mass is 451 g/mol. The van der Waals surface area contributed by atoms with Gasteiger partial charge in [0, 0.05) is 36.9 Å². The summed E-state index contributed by atoms with van der Waals surface area (Å²) in [5.74, 6) is 0.0476. The minimum absolute atomic E-state index is 0.0476. The molecule has 0 unspecified atom stereocenters. The van der Waals surface area contributed by atoms with Crippen LogP contribution in [0.1, 0.15) is 24.0 Å². The zero-order valence-electron chi connectivity index (χ0n) is 16.2. The SMILES string of the molecule is O=C1Cc2cc(CCCCN3CCN(c4cccc(Cl)c4Cl)CC3)c(Cl)cc2N1. The second kappa shape index (κ2) is 9.13. The van der Waals surface area contributed by atoms with Crippen molar-refractivity contribution < 1.29 is 4.79 Å². The van der Waals surface area contributed by atoms with Crippen LogP contribution in [0.15, 0.2) is 30.3 Å². The number of halogens is 3. The summed E-state index contributed by atoms with van der Waals surface area (Å²) in [6.45, 7) is 5.04. The highest BCUT2D eigenvalue weighted by atomic mass is 35.5. The molecule has 0 aromatic heterocycles. The van der Waals surface area contributed by atoms with E-state index >= 15 is 0 Å². The van der Waals surface area contributed by atoms with Crippen LogP contribution in [0.25, 0.3) is 0 Å². The molecule has 154 valence electrons. The highest BCUT2D eigenvalue weighted by molar-refractivity contribution is 6.43. The van der Waals surface area contributed by atoms with Gasteiger partial charge in [0.2, 0.25) is 5.91 Å². The molecule has 0 atom stereocenters. The summed E-state index contributed by atoms with van der Waals surface area (Å²) in [6.07, 6.45) is 3.61. The van der Waals surface area contributed by atoms with Crippen molar-refractivity contribution in [3.8, 4) is 0 Å². The number of amides is 1. The summed E-state index contributed by atoms with van der Waals surface area (Å²) in [5, 5.41) is 4.85. The predicted octanol–water partition coefficient (Wildman–Crippen LogP) is 5.29. The van der Waals surface area contributed by atoms with Crippen molar-refractivity contribution in [1.29, 1.82) is 0 Å². The largest absolute Gasteiger partial charge is 0.368 e. The Hall–Kier alpha value is -1.46. The first-order valence-corrected chi connectivity index (χ1v) is 11.2. The molecule has 2 aliphatic heterocycles. The zero-order valence-corrected chi connectivity index (χ0v) is 18.5. The molecule has 4 nitrogen and oxygen atoms in total. The summed E-state index contributed by atoms with van der Waals surface area (Å²) < 4.78 is 0. The molecular formula is C22H24Cl3N3O. The van der Waals surface area contributed by atoms with E-state index in [2.05, 4.69) is 21.2 Å². The lowest BCUT2D eigenvalue weighted by Crippen LogP contribution is -2.46. The Labute approximate surface area is 186 Å². The molecule has 1 saturated heterocycles. The van der Waals surface area contributed by atoms with E-state index in [0.29, 0.717) is 16.5 Å². The Morgan fingerprint density at radius 3 is 2.55 bits per heavy atom. The fourth-order valence-corrected chi connectivity index (χ4v) is 4.76. The van der Waals surface area contributed by atoms with Crippen molar-refractivity contribution in [2.75, 3.05) is 42.9 Å². The summed E-state index contributed by atoms with van der Waals surface area (Å²) in [4.78, 5) is 16.3. The maximum atomic E-state index is 11.5. The third-order valence-corrected chi connectivity index (χ3v) is 6.87. The number of nitrogens with one attached hydrogen (secondary N) is 1. The summed E-state index contributed by atoms with van der Waals surface area (Å²) >= 11 is 18.9. The van der Waals surface area contributed by atoms with E-state index in [4.69, 9.17) is 34.8 Å². The number of aryl methyl sites for hydroxylation is 1. The number of piperazine rings is 1. The minimum atomic E-state index is 0.0476. The predicted molar refractivity (Wildman–Crippen MR) is 122 cm³/mol. The lowest BCUT2D eigenvalue weighted by atomic mass is 10.0. The fourth-order valence-electron chi connectivity index (χ4n) is 4.09. The number of nitrogens with zero attached hydrogens (tertiary/aromatic N) is 2. The highest BCUT2D eigenvalue weighted by Gasteiger charge is 2.21. The van der Waals surface area contributed by atoms with Crippen LogP contribution in [0.4, 0.5) is 11.4 Å². The van der Waals surface area contributed by atoms with E-state index in [1.54, 1.807) is 0 Å². The van der Waals surface area contributed by atoms with E-state index in [0.717, 1.165) is 79.5 Å². The average molecular weight is 453 g/mol. The molecule has 0 aliphatic carbocycles. The van der Waals surface area contributed by atoms with Crippen LogP contribution in [0.2, 0.25) is 15.1 Å². The number of anilines is 2. The van der Waals surface area contributed by atoms with E-state index in [-0.39, 0.29) is 5.91 Å². The van der Waals surface area contributed by atoms with Gasteiger partial charge in [-0.15, -0.1) is 0 Å². The van der Waals surface area contributed by atoms with Crippen LogP contribution in [0, 0.1) is 0 Å². The lowest BCUT2D eigenvalue weighted by molar-refractivity contribution is -0.115. The number of fused-ring (bicyclic) bond motifs is 1. The van der Waals surface area contributed by atoms with Crippen LogP contribution in [0.3, 0.4) is 0 Å². The molecule has 1 fully saturated rings. The first kappa shape index (κ1) is 20.8. The van der Waals surface area contributed by atoms with Gasteiger partial charge in [-0.1, -0.05) is 46.9 Å². The Balaban J connectivity index is 1.22. The Bertz CT molecular complexity index is 910. The standard InChI is InChI=1S/C22H24Cl3N3O/c23-17-5-3-6-20(22(17)25)28-10-8-27(9-11-28)7-2-1-4-15-12-16-13-21(29)26-19(16)14-18(15)24/h3,5-6,12,14H,1-2,4,7-11,13H2,(H,26,29). The van der Waals surface area contributed by atoms with Crippen LogP contribution < -0.4 is 10.2 Å². The third-order valence-electron chi connectivity index (χ3n) is 5.71. The first-order valence-electron chi connectivity index (χ1n) is 10.0. The minimum Gasteiger partial charge on any atom is -0.368 e. The first-order chi connectivity index (χ1) is 14.0. The molecule has 7 heteroatoms. The Kier molecular flexibility index (Phi) is 6.55. The van der Waals surface area contributed by atoms with Crippen molar-refractivity contribution in [1.82, 2.24) is 4.90 Å². The fraction of sp³-hybridized carbons (Fsp3) is 0.409. The summed E-state index contributed by atoms with van der Waals surface area (Å²) in [5.41, 5.74) is 4.09. The molecule has 0 spiro atoms. The molecule has 29 heavy (non-hydrogen) atoms. The van der Waals surface area contributed by atoms with Gasteiger partial charge in [-0.25, -0.2) is 0 Å². The molecule has 1 N–H and O–H groups in total. The molecular weight excluding hydrogens is 429 g/mol. The number of carbonyl (C=O) groups excluding carboxylic acids is 1. The van der Waals surface area contributed by atoms with Crippen molar-refractivity contribution in [3.63, 3.8) is 0 Å². The molecule has 2 heterocycles. The van der Waals surface area contributed by atoms with Crippen molar-refractivity contribution >= 4 is 52.1 Å². The number of rotatable bonds is 6. The smallest absolute Gasteiger partial charge is 0.228 e. The second-order valence-corrected chi connectivity index (χ2v) is 8.88. The maximum absolute atomic E-state index is 11.5. The van der Waals surface area contributed by atoms with Crippen LogP contribution in [-0.2, 0) is 17.6 Å². The Morgan fingerprint density at radius 1 is 0.966 bits per heavy atom.